The summed E-state index contributed by atoms with van der Waals surface area (Å²) >= 11 is 5.84. The van der Waals surface area contributed by atoms with Crippen molar-refractivity contribution in [2.45, 2.75) is 33.0 Å². The molecule has 0 bridgehead atoms. The number of rotatable bonds is 4. The van der Waals surface area contributed by atoms with Crippen LogP contribution in [-0.2, 0) is 11.3 Å². The van der Waals surface area contributed by atoms with Gasteiger partial charge < -0.3 is 4.74 Å². The Kier molecular flexibility index (Phi) is 4.26. The van der Waals surface area contributed by atoms with Crippen molar-refractivity contribution in [3.05, 3.63) is 34.9 Å². The van der Waals surface area contributed by atoms with Gasteiger partial charge in [0.05, 0.1) is 12.7 Å². The Bertz CT molecular complexity index is 260. The van der Waals surface area contributed by atoms with Gasteiger partial charge in [0, 0.05) is 5.02 Å². The molecule has 1 nitrogen and oxygen atoms in total. The monoisotopic (exact) mass is 198 g/mol. The zero-order valence-corrected chi connectivity index (χ0v) is 8.84. The summed E-state index contributed by atoms with van der Waals surface area (Å²) < 4.78 is 5.57. The van der Waals surface area contributed by atoms with Gasteiger partial charge >= 0.3 is 0 Å². The van der Waals surface area contributed by atoms with Crippen LogP contribution in [0.2, 0.25) is 5.02 Å². The molecule has 0 aliphatic rings. The summed E-state index contributed by atoms with van der Waals surface area (Å²) in [6, 6.07) is 7.77. The molecule has 0 fully saturated rings. The number of hydrogen-bond acceptors (Lipinski definition) is 1. The maximum atomic E-state index is 5.84. The van der Waals surface area contributed by atoms with E-state index in [-0.39, 0.29) is 0 Å². The summed E-state index contributed by atoms with van der Waals surface area (Å²) in [5.74, 6) is 0. The Morgan fingerprint density at radius 2 is 2.23 bits per heavy atom. The first-order valence-electron chi connectivity index (χ1n) is 4.58. The Morgan fingerprint density at radius 1 is 1.46 bits per heavy atom. The van der Waals surface area contributed by atoms with Crippen LogP contribution >= 0.6 is 11.6 Å². The van der Waals surface area contributed by atoms with Crippen LogP contribution < -0.4 is 0 Å². The van der Waals surface area contributed by atoms with Crippen molar-refractivity contribution in [1.82, 2.24) is 0 Å². The Labute approximate surface area is 84.7 Å². The minimum Gasteiger partial charge on any atom is -0.374 e. The first-order chi connectivity index (χ1) is 6.22. The average Bonchev–Trinajstić information content (AvgIpc) is 2.14. The fourth-order valence-corrected chi connectivity index (χ4v) is 1.20. The van der Waals surface area contributed by atoms with E-state index in [0.717, 1.165) is 17.0 Å². The lowest BCUT2D eigenvalue weighted by Crippen LogP contribution is -2.05. The smallest absolute Gasteiger partial charge is 0.0721 e. The largest absolute Gasteiger partial charge is 0.374 e. The lowest BCUT2D eigenvalue weighted by atomic mass is 10.2. The van der Waals surface area contributed by atoms with Gasteiger partial charge in [-0.25, -0.2) is 0 Å². The van der Waals surface area contributed by atoms with Gasteiger partial charge in [0.2, 0.25) is 0 Å². The van der Waals surface area contributed by atoms with E-state index in [0.29, 0.717) is 12.7 Å². The van der Waals surface area contributed by atoms with Gasteiger partial charge in [-0.1, -0.05) is 30.7 Å². The van der Waals surface area contributed by atoms with Crippen molar-refractivity contribution in [2.75, 3.05) is 0 Å². The van der Waals surface area contributed by atoms with Gasteiger partial charge in [-0.15, -0.1) is 0 Å². The molecule has 0 amide bonds. The quantitative estimate of drug-likeness (QED) is 0.718. The standard InChI is InChI=1S/C11H15ClO/c1-3-9(2)13-8-10-5-4-6-11(12)7-10/h4-7,9H,3,8H2,1-2H3. The van der Waals surface area contributed by atoms with Crippen LogP contribution in [-0.4, -0.2) is 6.10 Å². The molecule has 0 saturated carbocycles. The molecule has 1 unspecified atom stereocenters. The first-order valence-corrected chi connectivity index (χ1v) is 4.96. The Balaban J connectivity index is 2.45. The molecule has 0 aromatic heterocycles. The predicted molar refractivity (Wildman–Crippen MR) is 56.0 cm³/mol. The summed E-state index contributed by atoms with van der Waals surface area (Å²) in [6.07, 6.45) is 1.36. The van der Waals surface area contributed by atoms with Crippen LogP contribution in [0.4, 0.5) is 0 Å². The van der Waals surface area contributed by atoms with Crippen molar-refractivity contribution in [1.29, 1.82) is 0 Å². The molecule has 0 spiro atoms. The van der Waals surface area contributed by atoms with Gasteiger partial charge in [-0.3, -0.25) is 0 Å². The molecular formula is C11H15ClO. The topological polar surface area (TPSA) is 9.23 Å². The van der Waals surface area contributed by atoms with E-state index in [1.54, 1.807) is 0 Å². The highest BCUT2D eigenvalue weighted by Crippen LogP contribution is 2.12. The Morgan fingerprint density at radius 3 is 2.85 bits per heavy atom. The molecule has 0 aliphatic carbocycles. The number of hydrogen-bond donors (Lipinski definition) is 0. The van der Waals surface area contributed by atoms with E-state index < -0.39 is 0 Å². The number of ether oxygens (including phenoxy) is 1. The number of halogens is 1. The van der Waals surface area contributed by atoms with Crippen molar-refractivity contribution in [2.24, 2.45) is 0 Å². The average molecular weight is 199 g/mol. The number of benzene rings is 1. The predicted octanol–water partition coefficient (Wildman–Crippen LogP) is 3.66. The molecule has 0 heterocycles. The SMILES string of the molecule is CCC(C)OCc1cccc(Cl)c1. The molecular weight excluding hydrogens is 184 g/mol. The second kappa shape index (κ2) is 5.25. The highest BCUT2D eigenvalue weighted by Gasteiger charge is 1.99. The van der Waals surface area contributed by atoms with E-state index in [2.05, 4.69) is 13.8 Å². The van der Waals surface area contributed by atoms with Crippen molar-refractivity contribution in [3.8, 4) is 0 Å². The zero-order chi connectivity index (χ0) is 9.68. The van der Waals surface area contributed by atoms with Gasteiger partial charge in [0.25, 0.3) is 0 Å². The first kappa shape index (κ1) is 10.6. The maximum Gasteiger partial charge on any atom is 0.0721 e. The zero-order valence-electron chi connectivity index (χ0n) is 8.09. The fourth-order valence-electron chi connectivity index (χ4n) is 0.983. The minimum atomic E-state index is 0.319. The van der Waals surface area contributed by atoms with E-state index in [1.807, 2.05) is 24.3 Å². The van der Waals surface area contributed by atoms with Crippen LogP contribution in [0.1, 0.15) is 25.8 Å². The van der Waals surface area contributed by atoms with Crippen LogP contribution in [0.3, 0.4) is 0 Å². The lowest BCUT2D eigenvalue weighted by Gasteiger charge is -2.10. The van der Waals surface area contributed by atoms with Crippen molar-refractivity contribution >= 4 is 11.6 Å². The molecule has 1 rings (SSSR count). The molecule has 0 saturated heterocycles. The normalized spacial score (nSPS) is 12.8. The van der Waals surface area contributed by atoms with Crippen molar-refractivity contribution < 1.29 is 4.74 Å². The lowest BCUT2D eigenvalue weighted by molar-refractivity contribution is 0.0508. The maximum absolute atomic E-state index is 5.84. The molecule has 1 atom stereocenters. The second-order valence-electron chi connectivity index (χ2n) is 3.16. The molecule has 13 heavy (non-hydrogen) atoms. The molecule has 0 radical (unpaired) electrons. The summed E-state index contributed by atoms with van der Waals surface area (Å²) in [4.78, 5) is 0. The highest BCUT2D eigenvalue weighted by molar-refractivity contribution is 6.30. The minimum absolute atomic E-state index is 0.319. The molecule has 1 aromatic carbocycles. The summed E-state index contributed by atoms with van der Waals surface area (Å²) in [5, 5.41) is 0.769. The van der Waals surface area contributed by atoms with Crippen LogP contribution in [0.5, 0.6) is 0 Å². The summed E-state index contributed by atoms with van der Waals surface area (Å²) in [6.45, 7) is 4.84. The molecule has 0 N–H and O–H groups in total. The molecule has 0 aliphatic heterocycles. The second-order valence-corrected chi connectivity index (χ2v) is 3.60. The van der Waals surface area contributed by atoms with E-state index in [4.69, 9.17) is 16.3 Å². The van der Waals surface area contributed by atoms with Crippen LogP contribution in [0.15, 0.2) is 24.3 Å². The Hall–Kier alpha value is -0.530. The summed E-state index contributed by atoms with van der Waals surface area (Å²) in [7, 11) is 0. The van der Waals surface area contributed by atoms with Crippen LogP contribution in [0.25, 0.3) is 0 Å². The third kappa shape index (κ3) is 3.79. The third-order valence-electron chi connectivity index (χ3n) is 2.00. The van der Waals surface area contributed by atoms with Gasteiger partial charge in [-0.05, 0) is 31.0 Å². The van der Waals surface area contributed by atoms with E-state index in [1.165, 1.54) is 0 Å². The fraction of sp³-hybridized carbons (Fsp3) is 0.455. The van der Waals surface area contributed by atoms with Crippen molar-refractivity contribution in [3.63, 3.8) is 0 Å². The summed E-state index contributed by atoms with van der Waals surface area (Å²) in [5.41, 5.74) is 1.13. The molecule has 72 valence electrons. The van der Waals surface area contributed by atoms with Gasteiger partial charge in [0.1, 0.15) is 0 Å². The molecule has 2 heteroatoms. The third-order valence-corrected chi connectivity index (χ3v) is 2.23. The van der Waals surface area contributed by atoms with Crippen LogP contribution in [0, 0.1) is 0 Å². The van der Waals surface area contributed by atoms with E-state index >= 15 is 0 Å². The van der Waals surface area contributed by atoms with Gasteiger partial charge in [0.15, 0.2) is 0 Å². The van der Waals surface area contributed by atoms with E-state index in [9.17, 15) is 0 Å². The molecule has 1 aromatic rings. The van der Waals surface area contributed by atoms with Gasteiger partial charge in [-0.2, -0.15) is 0 Å². The highest BCUT2D eigenvalue weighted by atomic mass is 35.5.